The summed E-state index contributed by atoms with van der Waals surface area (Å²) in [7, 11) is 0. The third-order valence-corrected chi connectivity index (χ3v) is 8.84. The summed E-state index contributed by atoms with van der Waals surface area (Å²) in [5.41, 5.74) is 16.0. The van der Waals surface area contributed by atoms with Gasteiger partial charge in [0.05, 0.1) is 31.4 Å². The highest BCUT2D eigenvalue weighted by Gasteiger charge is 2.59. The number of hydrogen-bond donors (Lipinski definition) is 15. The lowest BCUT2D eigenvalue weighted by Gasteiger charge is -2.49. The van der Waals surface area contributed by atoms with E-state index in [1.807, 2.05) is 0 Å². The van der Waals surface area contributed by atoms with Crippen LogP contribution in [0.3, 0.4) is 0 Å². The predicted molar refractivity (Wildman–Crippen MR) is 146 cm³/mol. The summed E-state index contributed by atoms with van der Waals surface area (Å²) >= 11 is 0. The highest BCUT2D eigenvalue weighted by Crippen LogP contribution is 2.36. The zero-order chi connectivity index (χ0) is 33.4. The van der Waals surface area contributed by atoms with Gasteiger partial charge in [0.15, 0.2) is 18.2 Å². The van der Waals surface area contributed by atoms with Gasteiger partial charge in [-0.15, -0.1) is 0 Å². The number of amides is 1. The lowest BCUT2D eigenvalue weighted by molar-refractivity contribution is -0.333. The molecule has 2 aliphatic heterocycles. The molecule has 18 N–H and O–H groups in total. The molecule has 20 heteroatoms. The summed E-state index contributed by atoms with van der Waals surface area (Å²) in [6.07, 6.45) is -20.1. The summed E-state index contributed by atoms with van der Waals surface area (Å²) in [5.74, 6) is -0.873. The highest BCUT2D eigenvalue weighted by molar-refractivity contribution is 5.89. The lowest BCUT2D eigenvalue weighted by atomic mass is 9.83. The number of hydrogen-bond acceptors (Lipinski definition) is 19. The van der Waals surface area contributed by atoms with Gasteiger partial charge in [-0.2, -0.15) is 0 Å². The Morgan fingerprint density at radius 1 is 0.867 bits per heavy atom. The first-order valence-corrected chi connectivity index (χ1v) is 14.7. The number of aliphatic hydroxyl groups is 10. The van der Waals surface area contributed by atoms with Gasteiger partial charge in [-0.1, -0.05) is 0 Å². The van der Waals surface area contributed by atoms with E-state index in [1.165, 1.54) is 0 Å². The average Bonchev–Trinajstić information content (AvgIpc) is 3.64. The van der Waals surface area contributed by atoms with Gasteiger partial charge in [-0.3, -0.25) is 4.79 Å². The van der Waals surface area contributed by atoms with Gasteiger partial charge >= 0.3 is 0 Å². The molecule has 0 radical (unpaired) electrons. The monoisotopic (exact) mass is 657 g/mol. The van der Waals surface area contributed by atoms with Crippen LogP contribution in [0.1, 0.15) is 12.8 Å². The van der Waals surface area contributed by atoms with Gasteiger partial charge in [0.2, 0.25) is 0 Å². The maximum Gasteiger partial charge on any atom is 0.253 e. The second-order valence-electron chi connectivity index (χ2n) is 12.2. The Morgan fingerprint density at radius 3 is 2.07 bits per heavy atom. The third kappa shape index (κ3) is 7.74. The fourth-order valence-corrected chi connectivity index (χ4v) is 5.76. The summed E-state index contributed by atoms with van der Waals surface area (Å²) in [4.78, 5) is 12.8. The van der Waals surface area contributed by atoms with E-state index in [0.717, 1.165) is 0 Å². The van der Waals surface area contributed by atoms with E-state index in [1.54, 1.807) is 0 Å². The van der Waals surface area contributed by atoms with Crippen LogP contribution in [-0.2, 0) is 23.7 Å². The second-order valence-corrected chi connectivity index (χ2v) is 12.2. The molecule has 1 amide bonds. The average molecular weight is 658 g/mol. The molecular weight excluding hydrogens is 610 g/mol. The Labute approximate surface area is 257 Å². The quantitative estimate of drug-likeness (QED) is 0.0925. The van der Waals surface area contributed by atoms with Crippen LogP contribution >= 0.6 is 0 Å². The van der Waals surface area contributed by atoms with Gasteiger partial charge < -0.3 is 97.8 Å². The zero-order valence-electron chi connectivity index (χ0n) is 24.3. The Bertz CT molecular complexity index is 989. The number of aliphatic hydroxyl groups excluding tert-OH is 9. The standard InChI is InChI=1S/C25H47N5O15/c26-8-1-9(30-24(40)25(41)2-12(25)27)21(45-22-16(36)13(28)14(34)11(6-32)43-22)19(39)20(8)44-23-18(38)17(37)15(35)10(42-23)4-29-3-7(33)5-31/h7-23,29,31-39,41H,1-6,26-28H2,(H,30,40)/t7?,8-,9+,10+,11+,12?,13-,14+,15+,16+,17-,18+,19-,20?,21-,22+,23+,25?/m0/s1. The van der Waals surface area contributed by atoms with Crippen molar-refractivity contribution in [3.63, 3.8) is 0 Å². The molecule has 2 saturated carbocycles. The van der Waals surface area contributed by atoms with Crippen molar-refractivity contribution in [1.29, 1.82) is 0 Å². The fourth-order valence-electron chi connectivity index (χ4n) is 5.76. The van der Waals surface area contributed by atoms with Crippen molar-refractivity contribution in [3.8, 4) is 0 Å². The molecule has 4 unspecified atom stereocenters. The number of rotatable bonds is 12. The largest absolute Gasteiger partial charge is 0.394 e. The molecule has 0 bridgehead atoms. The Hall–Kier alpha value is -1.25. The van der Waals surface area contributed by atoms with Crippen LogP contribution in [0.2, 0.25) is 0 Å². The normalized spacial score (nSPS) is 49.4. The van der Waals surface area contributed by atoms with E-state index < -0.39 is 129 Å². The van der Waals surface area contributed by atoms with E-state index in [4.69, 9.17) is 41.3 Å². The van der Waals surface area contributed by atoms with E-state index in [9.17, 15) is 50.8 Å². The smallest absolute Gasteiger partial charge is 0.253 e. The van der Waals surface area contributed by atoms with Crippen LogP contribution in [0, 0.1) is 0 Å². The molecule has 0 aromatic carbocycles. The van der Waals surface area contributed by atoms with Crippen molar-refractivity contribution in [1.82, 2.24) is 10.6 Å². The molecule has 18 atom stereocenters. The summed E-state index contributed by atoms with van der Waals surface area (Å²) in [6.45, 7) is -1.46. The number of carbonyl (C=O) groups excluding carboxylic acids is 1. The van der Waals surface area contributed by atoms with Gasteiger partial charge in [0.25, 0.3) is 5.91 Å². The van der Waals surface area contributed by atoms with Gasteiger partial charge in [-0.25, -0.2) is 0 Å². The molecule has 2 aliphatic carbocycles. The Balaban J connectivity index is 1.52. The van der Waals surface area contributed by atoms with E-state index >= 15 is 0 Å². The van der Waals surface area contributed by atoms with Crippen molar-refractivity contribution >= 4 is 5.91 Å². The van der Waals surface area contributed by atoms with Crippen LogP contribution in [-0.4, -0.2) is 193 Å². The number of ether oxygens (including phenoxy) is 4. The van der Waals surface area contributed by atoms with Crippen LogP contribution in [0.15, 0.2) is 0 Å². The van der Waals surface area contributed by atoms with Crippen molar-refractivity contribution in [2.24, 2.45) is 17.2 Å². The molecule has 262 valence electrons. The molecule has 0 aromatic heterocycles. The molecule has 4 fully saturated rings. The van der Waals surface area contributed by atoms with Crippen LogP contribution in [0.4, 0.5) is 0 Å². The summed E-state index contributed by atoms with van der Waals surface area (Å²) in [5, 5.41) is 108. The second kappa shape index (κ2) is 14.9. The molecule has 2 heterocycles. The minimum absolute atomic E-state index is 0.0210. The van der Waals surface area contributed by atoms with Crippen molar-refractivity contribution in [3.05, 3.63) is 0 Å². The Kier molecular flexibility index (Phi) is 12.1. The van der Waals surface area contributed by atoms with Crippen molar-refractivity contribution in [2.75, 3.05) is 26.3 Å². The first-order chi connectivity index (χ1) is 21.1. The van der Waals surface area contributed by atoms with Crippen molar-refractivity contribution < 1.29 is 74.8 Å². The summed E-state index contributed by atoms with van der Waals surface area (Å²) < 4.78 is 22.9. The number of nitrogens with two attached hydrogens (primary N) is 3. The van der Waals surface area contributed by atoms with Crippen LogP contribution in [0.25, 0.3) is 0 Å². The maximum absolute atomic E-state index is 12.8. The number of carbonyl (C=O) groups is 1. The molecule has 0 aromatic rings. The minimum atomic E-state index is -1.87. The van der Waals surface area contributed by atoms with Gasteiger partial charge in [-0.05, 0) is 6.42 Å². The molecular formula is C25H47N5O15. The first-order valence-electron chi connectivity index (χ1n) is 14.7. The molecule has 0 spiro atoms. The summed E-state index contributed by atoms with van der Waals surface area (Å²) in [6, 6.07) is -4.42. The van der Waals surface area contributed by atoms with Crippen LogP contribution in [0.5, 0.6) is 0 Å². The number of nitrogens with one attached hydrogen (secondary N) is 2. The molecule has 4 aliphatic rings. The first kappa shape index (κ1) is 36.6. The topological polar surface area (TPSA) is 358 Å². The molecule has 20 nitrogen and oxygen atoms in total. The molecule has 45 heavy (non-hydrogen) atoms. The van der Waals surface area contributed by atoms with E-state index in [2.05, 4.69) is 10.6 Å². The Morgan fingerprint density at radius 2 is 1.47 bits per heavy atom. The van der Waals surface area contributed by atoms with Gasteiger partial charge in [0, 0.05) is 31.6 Å². The minimum Gasteiger partial charge on any atom is -0.394 e. The zero-order valence-corrected chi connectivity index (χ0v) is 24.3. The van der Waals surface area contributed by atoms with E-state index in [0.29, 0.717) is 0 Å². The van der Waals surface area contributed by atoms with Gasteiger partial charge in [0.1, 0.15) is 61.0 Å². The SMILES string of the molecule is NC1CC1(O)C(=O)N[C@@H]1C[C@H](N)C(O[C@H]2O[C@H](CNCC(O)CO)[C@@H](O)[C@H](O)[C@H]2O)[C@H](O)[C@H]1O[C@H]1O[C@H](CO)[C@@H](O)[C@H](N)[C@H]1O. The van der Waals surface area contributed by atoms with Crippen molar-refractivity contribution in [2.45, 2.75) is 122 Å². The lowest BCUT2D eigenvalue weighted by Crippen LogP contribution is -2.69. The molecule has 2 saturated heterocycles. The van der Waals surface area contributed by atoms with E-state index in [-0.39, 0.29) is 25.9 Å². The third-order valence-electron chi connectivity index (χ3n) is 8.84. The van der Waals surface area contributed by atoms with Crippen LogP contribution < -0.4 is 27.8 Å². The molecule has 4 rings (SSSR count). The fraction of sp³-hybridized carbons (Fsp3) is 0.960. The maximum atomic E-state index is 12.8. The predicted octanol–water partition coefficient (Wildman–Crippen LogP) is -9.69. The highest BCUT2D eigenvalue weighted by atomic mass is 16.7.